The van der Waals surface area contributed by atoms with Crippen LogP contribution in [0.4, 0.5) is 5.69 Å². The van der Waals surface area contributed by atoms with E-state index in [1.165, 1.54) is 18.2 Å². The Hall–Kier alpha value is -2.51. The maximum absolute atomic E-state index is 11.2. The minimum absolute atomic E-state index is 0.0845. The lowest BCUT2D eigenvalue weighted by Crippen LogP contribution is -2.17. The zero-order valence-corrected chi connectivity index (χ0v) is 7.32. The summed E-state index contributed by atoms with van der Waals surface area (Å²) in [5.74, 6) is 0. The van der Waals surface area contributed by atoms with Crippen molar-refractivity contribution in [1.82, 2.24) is 20.2 Å². The predicted octanol–water partition coefficient (Wildman–Crippen LogP) is -0.136. The van der Waals surface area contributed by atoms with E-state index in [-0.39, 0.29) is 11.4 Å². The van der Waals surface area contributed by atoms with Crippen molar-refractivity contribution >= 4 is 5.69 Å². The van der Waals surface area contributed by atoms with Crippen molar-refractivity contribution in [2.24, 2.45) is 0 Å². The highest BCUT2D eigenvalue weighted by Crippen LogP contribution is 2.19. The molecule has 0 aliphatic carbocycles. The quantitative estimate of drug-likeness (QED) is 0.544. The van der Waals surface area contributed by atoms with Crippen LogP contribution in [0.15, 0.2) is 29.1 Å². The van der Waals surface area contributed by atoms with Gasteiger partial charge in [0.1, 0.15) is 5.69 Å². The topological polar surface area (TPSA) is 107 Å². The van der Waals surface area contributed by atoms with E-state index in [0.29, 0.717) is 0 Å². The molecule has 0 spiro atoms. The summed E-state index contributed by atoms with van der Waals surface area (Å²) in [6, 6.07) is 5.79. The average molecular weight is 207 g/mol. The maximum Gasteiger partial charge on any atom is 0.366 e. The summed E-state index contributed by atoms with van der Waals surface area (Å²) in [5, 5.41) is 19.4. The Morgan fingerprint density at radius 1 is 1.40 bits per heavy atom. The Labute approximate surface area is 82.3 Å². The molecule has 2 rings (SSSR count). The number of tetrazole rings is 1. The molecule has 1 aromatic heterocycles. The van der Waals surface area contributed by atoms with Crippen LogP contribution in [0, 0.1) is 10.1 Å². The molecule has 76 valence electrons. The summed E-state index contributed by atoms with van der Waals surface area (Å²) in [5.41, 5.74) is -0.737. The fraction of sp³-hybridized carbons (Fsp3) is 0. The lowest BCUT2D eigenvalue weighted by molar-refractivity contribution is -0.384. The van der Waals surface area contributed by atoms with Gasteiger partial charge in [-0.25, -0.2) is 9.89 Å². The number of hydrogen-bond donors (Lipinski definition) is 1. The number of nitro groups is 1. The van der Waals surface area contributed by atoms with Gasteiger partial charge in [0.15, 0.2) is 0 Å². The first-order valence-corrected chi connectivity index (χ1v) is 3.94. The van der Waals surface area contributed by atoms with Gasteiger partial charge in [-0.05, 0) is 16.5 Å². The lowest BCUT2D eigenvalue weighted by Gasteiger charge is -1.98. The van der Waals surface area contributed by atoms with Gasteiger partial charge in [-0.2, -0.15) is 4.68 Å². The SMILES string of the molecule is O=c1[nH]nnn1-c1ccccc1[N+](=O)[O-]. The molecule has 0 bridgehead atoms. The number of nitrogens with zero attached hydrogens (tertiary/aromatic N) is 4. The molecule has 0 saturated heterocycles. The molecule has 0 radical (unpaired) electrons. The van der Waals surface area contributed by atoms with E-state index >= 15 is 0 Å². The third kappa shape index (κ3) is 1.47. The maximum atomic E-state index is 11.2. The number of para-hydroxylation sites is 2. The minimum atomic E-state index is -0.621. The largest absolute Gasteiger partial charge is 0.366 e. The average Bonchev–Trinajstić information content (AvgIpc) is 2.64. The molecule has 0 aliphatic rings. The fourth-order valence-electron chi connectivity index (χ4n) is 1.15. The molecule has 1 heterocycles. The Kier molecular flexibility index (Phi) is 2.01. The van der Waals surface area contributed by atoms with Gasteiger partial charge in [0.05, 0.1) is 4.92 Å². The molecule has 0 amide bonds. The summed E-state index contributed by atoms with van der Waals surface area (Å²) in [6.07, 6.45) is 0. The molecule has 8 nitrogen and oxygen atoms in total. The van der Waals surface area contributed by atoms with E-state index in [1.54, 1.807) is 6.07 Å². The molecule has 0 aliphatic heterocycles. The molecule has 15 heavy (non-hydrogen) atoms. The van der Waals surface area contributed by atoms with E-state index in [0.717, 1.165) is 4.68 Å². The van der Waals surface area contributed by atoms with Crippen molar-refractivity contribution in [3.63, 3.8) is 0 Å². The second-order valence-corrected chi connectivity index (χ2v) is 2.66. The van der Waals surface area contributed by atoms with Crippen molar-refractivity contribution in [2.75, 3.05) is 0 Å². The van der Waals surface area contributed by atoms with Crippen molar-refractivity contribution < 1.29 is 4.92 Å². The number of benzene rings is 1. The monoisotopic (exact) mass is 207 g/mol. The molecule has 0 fully saturated rings. The molecular formula is C7H5N5O3. The van der Waals surface area contributed by atoms with Crippen molar-refractivity contribution in [2.45, 2.75) is 0 Å². The number of nitro benzene ring substituents is 1. The van der Waals surface area contributed by atoms with Crippen LogP contribution in [0.3, 0.4) is 0 Å². The normalized spacial score (nSPS) is 10.1. The van der Waals surface area contributed by atoms with E-state index in [2.05, 4.69) is 15.5 Å². The van der Waals surface area contributed by atoms with Gasteiger partial charge in [0, 0.05) is 6.07 Å². The molecule has 0 saturated carbocycles. The van der Waals surface area contributed by atoms with E-state index in [4.69, 9.17) is 0 Å². The third-order valence-electron chi connectivity index (χ3n) is 1.78. The standard InChI is InChI=1S/C7H5N5O3/c13-7-8-9-10-11(7)5-3-1-2-4-6(5)12(14)15/h1-4H,(H,8,10,13). The highest BCUT2D eigenvalue weighted by atomic mass is 16.6. The Bertz CT molecular complexity index is 558. The Balaban J connectivity index is 2.68. The van der Waals surface area contributed by atoms with Crippen LogP contribution in [0.2, 0.25) is 0 Å². The van der Waals surface area contributed by atoms with Crippen LogP contribution in [-0.2, 0) is 0 Å². The predicted molar refractivity (Wildman–Crippen MR) is 48.6 cm³/mol. The van der Waals surface area contributed by atoms with Gasteiger partial charge in [-0.15, -0.1) is 0 Å². The van der Waals surface area contributed by atoms with Crippen LogP contribution in [0.5, 0.6) is 0 Å². The minimum Gasteiger partial charge on any atom is -0.258 e. The number of nitrogens with one attached hydrogen (secondary N) is 1. The summed E-state index contributed by atoms with van der Waals surface area (Å²) in [7, 11) is 0. The molecule has 8 heteroatoms. The first kappa shape index (κ1) is 9.06. The zero-order chi connectivity index (χ0) is 10.8. The summed E-state index contributed by atoms with van der Waals surface area (Å²) < 4.78 is 0.831. The van der Waals surface area contributed by atoms with Gasteiger partial charge >= 0.3 is 5.69 Å². The second kappa shape index (κ2) is 3.33. The molecule has 0 atom stereocenters. The number of aromatic amines is 1. The van der Waals surface area contributed by atoms with Gasteiger partial charge < -0.3 is 0 Å². The van der Waals surface area contributed by atoms with Crippen LogP contribution in [-0.4, -0.2) is 25.1 Å². The number of H-pyrrole nitrogens is 1. The van der Waals surface area contributed by atoms with Crippen molar-refractivity contribution in [3.8, 4) is 5.69 Å². The van der Waals surface area contributed by atoms with Gasteiger partial charge in [-0.1, -0.05) is 12.1 Å². The third-order valence-corrected chi connectivity index (χ3v) is 1.78. The van der Waals surface area contributed by atoms with Crippen LogP contribution < -0.4 is 5.69 Å². The van der Waals surface area contributed by atoms with E-state index in [9.17, 15) is 14.9 Å². The van der Waals surface area contributed by atoms with Gasteiger partial charge in [-0.3, -0.25) is 10.1 Å². The molecule has 1 N–H and O–H groups in total. The van der Waals surface area contributed by atoms with Crippen LogP contribution in [0.1, 0.15) is 0 Å². The molecule has 0 unspecified atom stereocenters. The van der Waals surface area contributed by atoms with Crippen molar-refractivity contribution in [3.05, 3.63) is 44.9 Å². The van der Waals surface area contributed by atoms with E-state index < -0.39 is 10.6 Å². The number of hydrogen-bond acceptors (Lipinski definition) is 5. The first-order chi connectivity index (χ1) is 7.20. The Morgan fingerprint density at radius 2 is 2.13 bits per heavy atom. The first-order valence-electron chi connectivity index (χ1n) is 3.94. The lowest BCUT2D eigenvalue weighted by atomic mass is 10.3. The highest BCUT2D eigenvalue weighted by molar-refractivity contribution is 5.50. The van der Waals surface area contributed by atoms with Crippen LogP contribution in [0.25, 0.3) is 5.69 Å². The van der Waals surface area contributed by atoms with Crippen LogP contribution >= 0.6 is 0 Å². The van der Waals surface area contributed by atoms with Crippen molar-refractivity contribution in [1.29, 1.82) is 0 Å². The fourth-order valence-corrected chi connectivity index (χ4v) is 1.15. The molecular weight excluding hydrogens is 202 g/mol. The summed E-state index contributed by atoms with van der Waals surface area (Å²) >= 11 is 0. The summed E-state index contributed by atoms with van der Waals surface area (Å²) in [4.78, 5) is 21.2. The summed E-state index contributed by atoms with van der Waals surface area (Å²) in [6.45, 7) is 0. The highest BCUT2D eigenvalue weighted by Gasteiger charge is 2.16. The Morgan fingerprint density at radius 3 is 2.73 bits per heavy atom. The smallest absolute Gasteiger partial charge is 0.258 e. The van der Waals surface area contributed by atoms with Gasteiger partial charge in [0.25, 0.3) is 5.69 Å². The van der Waals surface area contributed by atoms with E-state index in [1.807, 2.05) is 0 Å². The molecule has 1 aromatic carbocycles. The molecule has 2 aromatic rings. The number of aromatic nitrogens is 4. The zero-order valence-electron chi connectivity index (χ0n) is 7.32. The van der Waals surface area contributed by atoms with Gasteiger partial charge in [0.2, 0.25) is 0 Å². The second-order valence-electron chi connectivity index (χ2n) is 2.66. The number of rotatable bonds is 2.